The molecule has 7 aromatic carbocycles. The summed E-state index contributed by atoms with van der Waals surface area (Å²) in [5, 5.41) is 0. The Morgan fingerprint density at radius 2 is 0.712 bits per heavy atom. The van der Waals surface area contributed by atoms with Crippen LogP contribution >= 0.6 is 0 Å². The Balaban J connectivity index is 1.09. The number of benzene rings is 7. The maximum absolute atomic E-state index is 7.46. The predicted molar refractivity (Wildman–Crippen MR) is 276 cm³/mol. The summed E-state index contributed by atoms with van der Waals surface area (Å²) in [5.41, 5.74) is 6.99. The summed E-state index contributed by atoms with van der Waals surface area (Å²) in [7, 11) is 1.61. The molecule has 2 fully saturated rings. The van der Waals surface area contributed by atoms with Gasteiger partial charge in [0.15, 0.2) is 12.6 Å². The summed E-state index contributed by atoms with van der Waals surface area (Å²) >= 11 is 0. The smallest absolute Gasteiger partial charge is 0.187 e. The van der Waals surface area contributed by atoms with E-state index < -0.39 is 61.4 Å². The zero-order chi connectivity index (χ0) is 49.7. The fourth-order valence-corrected chi connectivity index (χ4v) is 9.13. The van der Waals surface area contributed by atoms with Crippen molar-refractivity contribution in [1.82, 2.24) is 0 Å². The van der Waals surface area contributed by atoms with Crippen LogP contribution < -0.4 is 0 Å². The Morgan fingerprint density at radius 3 is 1.14 bits per heavy atom. The number of rotatable bonds is 27. The molecule has 11 nitrogen and oxygen atoms in total. The van der Waals surface area contributed by atoms with Crippen molar-refractivity contribution in [2.24, 2.45) is 0 Å². The maximum atomic E-state index is 7.46. The van der Waals surface area contributed by atoms with Crippen LogP contribution in [0.2, 0.25) is 0 Å². The molecule has 0 N–H and O–H groups in total. The SMILES string of the molecule is CO[C@H]1O[C@H](COCc2ccccc2)[C@@H](OC2O[C@@H]([C@@H](COCc3ccccc3)OCc3ccccc3)[C@H](OCc3ccccc3)[C@H]2OCc2ccccc2)[C@H](OCc2ccccc2)[C@H]1OCc1ccccc1. The minimum Gasteiger partial charge on any atom is -0.374 e. The molecule has 2 aliphatic rings. The van der Waals surface area contributed by atoms with E-state index in [4.69, 9.17) is 52.1 Å². The van der Waals surface area contributed by atoms with Crippen LogP contribution in [0.5, 0.6) is 0 Å². The van der Waals surface area contributed by atoms with E-state index >= 15 is 0 Å². The first-order valence-corrected chi connectivity index (χ1v) is 25.2. The van der Waals surface area contributed by atoms with E-state index in [0.29, 0.717) is 19.8 Å². The second-order valence-electron chi connectivity index (χ2n) is 18.2. The molecule has 2 heterocycles. The first-order valence-electron chi connectivity index (χ1n) is 25.2. The molecule has 10 atom stereocenters. The van der Waals surface area contributed by atoms with Crippen LogP contribution in [0.4, 0.5) is 0 Å². The van der Waals surface area contributed by atoms with E-state index in [1.54, 1.807) is 7.11 Å². The van der Waals surface area contributed by atoms with E-state index in [0.717, 1.165) is 38.9 Å². The Kier molecular flexibility index (Phi) is 19.9. The Labute approximate surface area is 429 Å². The van der Waals surface area contributed by atoms with Crippen LogP contribution in [-0.2, 0) is 98.4 Å². The molecule has 0 amide bonds. The van der Waals surface area contributed by atoms with Gasteiger partial charge in [-0.05, 0) is 38.9 Å². The van der Waals surface area contributed by atoms with Gasteiger partial charge in [0.2, 0.25) is 0 Å². The Bertz CT molecular complexity index is 2560. The highest BCUT2D eigenvalue weighted by Crippen LogP contribution is 2.38. The highest BCUT2D eigenvalue weighted by atomic mass is 16.8. The predicted octanol–water partition coefficient (Wildman–Crippen LogP) is 10.8. The number of ether oxygens (including phenoxy) is 11. The number of methoxy groups -OCH3 is 1. The van der Waals surface area contributed by atoms with E-state index in [1.807, 2.05) is 212 Å². The lowest BCUT2D eigenvalue weighted by atomic mass is 9.97. The summed E-state index contributed by atoms with van der Waals surface area (Å²) < 4.78 is 75.5. The van der Waals surface area contributed by atoms with Gasteiger partial charge in [-0.15, -0.1) is 0 Å². The molecular formula is C62H66O11. The van der Waals surface area contributed by atoms with Crippen molar-refractivity contribution in [3.8, 4) is 0 Å². The summed E-state index contributed by atoms with van der Waals surface area (Å²) in [4.78, 5) is 0. The van der Waals surface area contributed by atoms with Gasteiger partial charge in [0.25, 0.3) is 0 Å². The second kappa shape index (κ2) is 28.0. The van der Waals surface area contributed by atoms with Crippen LogP contribution in [0.15, 0.2) is 212 Å². The highest BCUT2D eigenvalue weighted by molar-refractivity contribution is 5.19. The van der Waals surface area contributed by atoms with Crippen molar-refractivity contribution in [3.63, 3.8) is 0 Å². The fraction of sp³-hybridized carbons (Fsp3) is 0.323. The first kappa shape index (κ1) is 52.0. The van der Waals surface area contributed by atoms with Gasteiger partial charge in [-0.3, -0.25) is 0 Å². The van der Waals surface area contributed by atoms with Gasteiger partial charge in [-0.1, -0.05) is 212 Å². The van der Waals surface area contributed by atoms with Crippen LogP contribution in [0.1, 0.15) is 38.9 Å². The Morgan fingerprint density at radius 1 is 0.356 bits per heavy atom. The molecular weight excluding hydrogens is 921 g/mol. The van der Waals surface area contributed by atoms with E-state index in [2.05, 4.69) is 0 Å². The van der Waals surface area contributed by atoms with Crippen LogP contribution in [-0.4, -0.2) is 81.7 Å². The molecule has 2 saturated heterocycles. The van der Waals surface area contributed by atoms with Crippen LogP contribution in [0.3, 0.4) is 0 Å². The van der Waals surface area contributed by atoms with Crippen molar-refractivity contribution in [1.29, 1.82) is 0 Å². The summed E-state index contributed by atoms with van der Waals surface area (Å²) in [5.74, 6) is 0. The molecule has 0 bridgehead atoms. The van der Waals surface area contributed by atoms with Gasteiger partial charge in [0, 0.05) is 7.11 Å². The normalized spacial score (nSPS) is 23.3. The molecule has 9 rings (SSSR count). The average Bonchev–Trinajstić information content (AvgIpc) is 3.79. The number of hydrogen-bond acceptors (Lipinski definition) is 11. The molecule has 0 spiro atoms. The molecule has 0 radical (unpaired) electrons. The quantitative estimate of drug-likeness (QED) is 0.0492. The first-order chi connectivity index (χ1) is 36.2. The van der Waals surface area contributed by atoms with Crippen molar-refractivity contribution >= 4 is 0 Å². The molecule has 0 aliphatic carbocycles. The van der Waals surface area contributed by atoms with Gasteiger partial charge in [0.1, 0.15) is 48.8 Å². The number of hydrogen-bond donors (Lipinski definition) is 0. The molecule has 73 heavy (non-hydrogen) atoms. The van der Waals surface area contributed by atoms with Crippen molar-refractivity contribution in [2.45, 2.75) is 108 Å². The third kappa shape index (κ3) is 15.3. The maximum Gasteiger partial charge on any atom is 0.187 e. The monoisotopic (exact) mass is 986 g/mol. The largest absolute Gasteiger partial charge is 0.374 e. The third-order valence-corrected chi connectivity index (χ3v) is 12.9. The molecule has 1 unspecified atom stereocenters. The van der Waals surface area contributed by atoms with Crippen LogP contribution in [0.25, 0.3) is 0 Å². The van der Waals surface area contributed by atoms with Gasteiger partial charge in [0.05, 0.1) is 59.5 Å². The second-order valence-corrected chi connectivity index (χ2v) is 18.2. The van der Waals surface area contributed by atoms with E-state index in [-0.39, 0.29) is 39.6 Å². The molecule has 11 heteroatoms. The minimum atomic E-state index is -1.05. The lowest BCUT2D eigenvalue weighted by molar-refractivity contribution is -0.344. The summed E-state index contributed by atoms with van der Waals surface area (Å²) in [6.45, 7) is 2.39. The van der Waals surface area contributed by atoms with Crippen molar-refractivity contribution in [2.75, 3.05) is 20.3 Å². The molecule has 2 aliphatic heterocycles. The molecule has 0 saturated carbocycles. The fourth-order valence-electron chi connectivity index (χ4n) is 9.13. The topological polar surface area (TPSA) is 102 Å². The third-order valence-electron chi connectivity index (χ3n) is 12.9. The van der Waals surface area contributed by atoms with Gasteiger partial charge < -0.3 is 52.1 Å². The lowest BCUT2D eigenvalue weighted by Crippen LogP contribution is -2.62. The molecule has 380 valence electrons. The average molecular weight is 987 g/mol. The zero-order valence-corrected chi connectivity index (χ0v) is 41.3. The minimum absolute atomic E-state index is 0.131. The van der Waals surface area contributed by atoms with Crippen molar-refractivity contribution in [3.05, 3.63) is 251 Å². The summed E-state index contributed by atoms with van der Waals surface area (Å²) in [6.07, 6.45) is -7.91. The van der Waals surface area contributed by atoms with Crippen molar-refractivity contribution < 1.29 is 52.1 Å². The Hall–Kier alpha value is -5.90. The van der Waals surface area contributed by atoms with E-state index in [1.165, 1.54) is 0 Å². The van der Waals surface area contributed by atoms with Gasteiger partial charge in [-0.2, -0.15) is 0 Å². The highest BCUT2D eigenvalue weighted by Gasteiger charge is 2.55. The summed E-state index contributed by atoms with van der Waals surface area (Å²) in [6, 6.07) is 70.4. The van der Waals surface area contributed by atoms with Crippen LogP contribution in [0, 0.1) is 0 Å². The lowest BCUT2D eigenvalue weighted by Gasteiger charge is -2.46. The van der Waals surface area contributed by atoms with E-state index in [9.17, 15) is 0 Å². The molecule has 7 aromatic rings. The van der Waals surface area contributed by atoms with Gasteiger partial charge >= 0.3 is 0 Å². The zero-order valence-electron chi connectivity index (χ0n) is 41.3. The standard InChI is InChI=1S/C62H66O11/c1-63-61-59(69-42-51-33-19-7-20-34-51)58(68-41-50-31-17-6-18-32-50)56(54(71-61)45-65-38-47-25-11-3-12-26-47)73-62-60(70-43-52-35-21-8-22-36-52)57(67-40-49-29-15-5-16-30-49)55(72-62)53(66-39-48-27-13-4-14-28-48)44-64-37-46-23-9-2-10-24-46/h2-36,53-62H,37-45H2,1H3/t53-,54-,55+,56-,57+,58+,59-,60-,61+,62?/m1/s1. The molecule has 0 aromatic heterocycles. The van der Waals surface area contributed by atoms with Gasteiger partial charge in [-0.25, -0.2) is 0 Å².